The van der Waals surface area contributed by atoms with Gasteiger partial charge in [-0.1, -0.05) is 29.3 Å². The molecule has 36 heavy (non-hydrogen) atoms. The van der Waals surface area contributed by atoms with E-state index in [4.69, 9.17) is 49.2 Å². The summed E-state index contributed by atoms with van der Waals surface area (Å²) in [7, 11) is 1.56. The summed E-state index contributed by atoms with van der Waals surface area (Å²) < 4.78 is 17.9. The Morgan fingerprint density at radius 2 is 1.83 bits per heavy atom. The molecular weight excluding hydrogens is 529 g/mol. The Morgan fingerprint density at radius 1 is 1.08 bits per heavy atom. The molecule has 3 aromatic carbocycles. The third-order valence-electron chi connectivity index (χ3n) is 5.78. The van der Waals surface area contributed by atoms with Crippen molar-refractivity contribution in [3.8, 4) is 23.0 Å². The highest BCUT2D eigenvalue weighted by molar-refractivity contribution is 6.32. The highest BCUT2D eigenvalue weighted by Gasteiger charge is 2.29. The lowest BCUT2D eigenvalue weighted by atomic mass is 9.93. The number of amides is 1. The Labute approximate surface area is 223 Å². The molecule has 1 aliphatic rings. The standard InChI is InChI=1S/C26H22Cl3NO6/c1-34-22-12-17(27)5-2-15(22)8-10-30(29)25(31)16-3-6-18(7-4-16)36-24-14-23-20(13-21(24)28)19(26(32)33)9-11-35-23/h2-7,12-14,19H,8-11H2,1H3,(H,32,33). The Hall–Kier alpha value is -3.13. The molecule has 0 saturated heterocycles. The zero-order chi connectivity index (χ0) is 25.8. The van der Waals surface area contributed by atoms with Crippen LogP contribution in [-0.2, 0) is 11.2 Å². The molecule has 0 bridgehead atoms. The summed E-state index contributed by atoms with van der Waals surface area (Å²) >= 11 is 18.6. The summed E-state index contributed by atoms with van der Waals surface area (Å²) in [6.45, 7) is 0.556. The van der Waals surface area contributed by atoms with E-state index in [-0.39, 0.29) is 17.5 Å². The van der Waals surface area contributed by atoms with Crippen molar-refractivity contribution in [1.82, 2.24) is 4.42 Å². The number of carboxylic acid groups (broad SMARTS) is 1. The van der Waals surface area contributed by atoms with Crippen LogP contribution < -0.4 is 14.2 Å². The predicted molar refractivity (Wildman–Crippen MR) is 137 cm³/mol. The van der Waals surface area contributed by atoms with Gasteiger partial charge in [0, 0.05) is 40.5 Å². The number of carbonyl (C=O) groups excluding carboxylic acids is 1. The zero-order valence-corrected chi connectivity index (χ0v) is 21.4. The lowest BCUT2D eigenvalue weighted by molar-refractivity contribution is -0.139. The molecule has 1 aliphatic heterocycles. The SMILES string of the molecule is COc1cc(Cl)ccc1CCN(Cl)C(=O)c1ccc(Oc2cc3c(cc2Cl)C(C(=O)O)CCO3)cc1. The molecule has 1 N–H and O–H groups in total. The molecule has 1 amide bonds. The second-order valence-corrected chi connectivity index (χ2v) is 9.32. The summed E-state index contributed by atoms with van der Waals surface area (Å²) in [5.74, 6) is -0.158. The smallest absolute Gasteiger partial charge is 0.311 e. The predicted octanol–water partition coefficient (Wildman–Crippen LogP) is 6.58. The van der Waals surface area contributed by atoms with Crippen molar-refractivity contribution in [3.63, 3.8) is 0 Å². The number of halogens is 3. The maximum atomic E-state index is 12.8. The van der Waals surface area contributed by atoms with Gasteiger partial charge in [-0.05, 0) is 60.9 Å². The Bertz CT molecular complexity index is 1280. The molecule has 10 heteroatoms. The van der Waals surface area contributed by atoms with Crippen molar-refractivity contribution in [3.05, 3.63) is 81.3 Å². The topological polar surface area (TPSA) is 85.3 Å². The number of benzene rings is 3. The van der Waals surface area contributed by atoms with Crippen molar-refractivity contribution in [2.75, 3.05) is 20.3 Å². The van der Waals surface area contributed by atoms with Crippen LogP contribution >= 0.6 is 35.0 Å². The quantitative estimate of drug-likeness (QED) is 0.319. The minimum Gasteiger partial charge on any atom is -0.496 e. The number of carboxylic acids is 1. The van der Waals surface area contributed by atoms with Gasteiger partial charge in [0.25, 0.3) is 5.91 Å². The molecule has 0 aromatic heterocycles. The maximum absolute atomic E-state index is 12.8. The largest absolute Gasteiger partial charge is 0.496 e. The van der Waals surface area contributed by atoms with Crippen molar-refractivity contribution >= 4 is 46.9 Å². The highest BCUT2D eigenvalue weighted by atomic mass is 35.5. The van der Waals surface area contributed by atoms with Gasteiger partial charge >= 0.3 is 5.97 Å². The van der Waals surface area contributed by atoms with Gasteiger partial charge in [0.05, 0.1) is 24.7 Å². The van der Waals surface area contributed by atoms with Gasteiger partial charge in [-0.3, -0.25) is 14.0 Å². The average Bonchev–Trinajstić information content (AvgIpc) is 2.87. The van der Waals surface area contributed by atoms with E-state index in [0.717, 1.165) is 9.98 Å². The monoisotopic (exact) mass is 549 g/mol. The van der Waals surface area contributed by atoms with Crippen LogP contribution in [-0.4, -0.2) is 41.7 Å². The van der Waals surface area contributed by atoms with E-state index < -0.39 is 11.9 Å². The minimum absolute atomic E-state index is 0.259. The van der Waals surface area contributed by atoms with Gasteiger partial charge < -0.3 is 19.3 Å². The molecule has 188 valence electrons. The summed E-state index contributed by atoms with van der Waals surface area (Å²) in [6, 6.07) is 14.9. The van der Waals surface area contributed by atoms with Crippen LogP contribution in [0, 0.1) is 0 Å². The van der Waals surface area contributed by atoms with Crippen molar-refractivity contribution < 1.29 is 28.9 Å². The van der Waals surface area contributed by atoms with Crippen molar-refractivity contribution in [1.29, 1.82) is 0 Å². The number of nitrogens with zero attached hydrogens (tertiary/aromatic N) is 1. The van der Waals surface area contributed by atoms with Crippen LogP contribution in [0.2, 0.25) is 10.0 Å². The van der Waals surface area contributed by atoms with E-state index in [1.807, 2.05) is 6.07 Å². The third kappa shape index (κ3) is 5.81. The number of fused-ring (bicyclic) bond motifs is 1. The number of ether oxygens (including phenoxy) is 3. The number of methoxy groups -OCH3 is 1. The summed E-state index contributed by atoms with van der Waals surface area (Å²) in [5.41, 5.74) is 1.78. The van der Waals surface area contributed by atoms with E-state index >= 15 is 0 Å². The van der Waals surface area contributed by atoms with E-state index in [2.05, 4.69) is 0 Å². The van der Waals surface area contributed by atoms with Gasteiger partial charge in [0.2, 0.25) is 0 Å². The van der Waals surface area contributed by atoms with Crippen molar-refractivity contribution in [2.45, 2.75) is 18.8 Å². The number of rotatable bonds is 8. The van der Waals surface area contributed by atoms with E-state index in [0.29, 0.717) is 58.6 Å². The first-order valence-electron chi connectivity index (χ1n) is 11.0. The number of carbonyl (C=O) groups is 2. The number of hydrogen-bond acceptors (Lipinski definition) is 5. The molecule has 0 radical (unpaired) electrons. The zero-order valence-electron chi connectivity index (χ0n) is 19.2. The number of aliphatic carboxylic acids is 1. The molecule has 0 fully saturated rings. The van der Waals surface area contributed by atoms with Crippen LogP contribution in [0.15, 0.2) is 54.6 Å². The first-order valence-corrected chi connectivity index (χ1v) is 12.1. The molecular formula is C26H22Cl3NO6. The fraction of sp³-hybridized carbons (Fsp3) is 0.231. The van der Waals surface area contributed by atoms with Gasteiger partial charge in [0.15, 0.2) is 0 Å². The molecule has 7 nitrogen and oxygen atoms in total. The summed E-state index contributed by atoms with van der Waals surface area (Å²) in [4.78, 5) is 24.3. The Morgan fingerprint density at radius 3 is 2.53 bits per heavy atom. The van der Waals surface area contributed by atoms with E-state index in [1.54, 1.807) is 55.6 Å². The third-order valence-corrected chi connectivity index (χ3v) is 6.63. The minimum atomic E-state index is -0.926. The van der Waals surface area contributed by atoms with Crippen LogP contribution in [0.5, 0.6) is 23.0 Å². The first-order chi connectivity index (χ1) is 17.3. The number of hydrogen-bond donors (Lipinski definition) is 1. The molecule has 4 rings (SSSR count). The second-order valence-electron chi connectivity index (χ2n) is 8.07. The van der Waals surface area contributed by atoms with Gasteiger partial charge in [0.1, 0.15) is 23.0 Å². The molecule has 0 saturated carbocycles. The van der Waals surface area contributed by atoms with Gasteiger partial charge in [-0.25, -0.2) is 0 Å². The molecule has 0 aliphatic carbocycles. The summed E-state index contributed by atoms with van der Waals surface area (Å²) in [5, 5.41) is 10.3. The van der Waals surface area contributed by atoms with Crippen molar-refractivity contribution in [2.24, 2.45) is 0 Å². The van der Waals surface area contributed by atoms with Crippen LogP contribution in [0.3, 0.4) is 0 Å². The van der Waals surface area contributed by atoms with Gasteiger partial charge in [-0.2, -0.15) is 0 Å². The Kier molecular flexibility index (Phi) is 8.14. The first kappa shape index (κ1) is 25.9. The van der Waals surface area contributed by atoms with Crippen LogP contribution in [0.1, 0.15) is 33.8 Å². The molecule has 1 unspecified atom stereocenters. The Balaban J connectivity index is 1.41. The lowest BCUT2D eigenvalue weighted by Crippen LogP contribution is -2.24. The molecule has 1 atom stereocenters. The normalized spacial score (nSPS) is 14.4. The van der Waals surface area contributed by atoms with Gasteiger partial charge in [-0.15, -0.1) is 0 Å². The highest BCUT2D eigenvalue weighted by Crippen LogP contribution is 2.41. The fourth-order valence-corrected chi connectivity index (χ4v) is 4.46. The molecule has 1 heterocycles. The van der Waals surface area contributed by atoms with Crippen LogP contribution in [0.25, 0.3) is 0 Å². The van der Waals surface area contributed by atoms with Crippen LogP contribution in [0.4, 0.5) is 0 Å². The second kappa shape index (κ2) is 11.3. The lowest BCUT2D eigenvalue weighted by Gasteiger charge is -2.24. The maximum Gasteiger partial charge on any atom is 0.311 e. The molecule has 0 spiro atoms. The fourth-order valence-electron chi connectivity index (χ4n) is 3.90. The molecule has 3 aromatic rings. The average molecular weight is 551 g/mol. The van der Waals surface area contributed by atoms with E-state index in [1.165, 1.54) is 0 Å². The van der Waals surface area contributed by atoms with E-state index in [9.17, 15) is 14.7 Å². The summed E-state index contributed by atoms with van der Waals surface area (Å²) in [6.07, 6.45) is 0.859.